The molecule has 0 heterocycles. The average Bonchev–Trinajstić information content (AvgIpc) is 2.35. The molecular weight excluding hydrogens is 264 g/mol. The number of ether oxygens (including phenoxy) is 2. The zero-order chi connectivity index (χ0) is 12.7. The molecule has 4 nitrogen and oxygen atoms in total. The summed E-state index contributed by atoms with van der Waals surface area (Å²) >= 11 is 5.42. The predicted molar refractivity (Wildman–Crippen MR) is 66.6 cm³/mol. The molecule has 0 N–H and O–H groups in total. The first-order valence-electron chi connectivity index (χ1n) is 5.10. The molecular formula is C11H15ClO4S. The molecule has 0 saturated carbocycles. The van der Waals surface area contributed by atoms with Gasteiger partial charge in [-0.3, -0.25) is 0 Å². The summed E-state index contributed by atoms with van der Waals surface area (Å²) in [4.78, 5) is 0.242. The summed E-state index contributed by atoms with van der Waals surface area (Å²) in [6.07, 6.45) is 0. The fourth-order valence-corrected chi connectivity index (χ4v) is 2.50. The lowest BCUT2D eigenvalue weighted by Gasteiger charge is -2.06. The Morgan fingerprint density at radius 3 is 2.71 bits per heavy atom. The van der Waals surface area contributed by atoms with Crippen LogP contribution in [-0.4, -0.2) is 40.4 Å². The first-order valence-corrected chi connectivity index (χ1v) is 7.29. The van der Waals surface area contributed by atoms with Crippen LogP contribution in [0.4, 0.5) is 0 Å². The van der Waals surface area contributed by atoms with E-state index in [2.05, 4.69) is 0 Å². The largest absolute Gasteiger partial charge is 0.497 e. The van der Waals surface area contributed by atoms with Crippen LogP contribution < -0.4 is 4.74 Å². The number of hydrogen-bond acceptors (Lipinski definition) is 4. The molecule has 1 rings (SSSR count). The molecule has 0 saturated heterocycles. The van der Waals surface area contributed by atoms with Crippen molar-refractivity contribution in [3.8, 4) is 5.75 Å². The van der Waals surface area contributed by atoms with Gasteiger partial charge in [-0.15, -0.1) is 11.6 Å². The summed E-state index contributed by atoms with van der Waals surface area (Å²) in [7, 11) is -1.83. The van der Waals surface area contributed by atoms with Gasteiger partial charge in [0, 0.05) is 5.88 Å². The second kappa shape index (κ2) is 6.83. The third-order valence-electron chi connectivity index (χ3n) is 2.12. The van der Waals surface area contributed by atoms with Gasteiger partial charge in [0.2, 0.25) is 0 Å². The van der Waals surface area contributed by atoms with Crippen LogP contribution in [-0.2, 0) is 14.6 Å². The SMILES string of the molecule is COc1cccc(S(=O)(=O)CCOCCCl)c1. The van der Waals surface area contributed by atoms with Gasteiger partial charge in [0.25, 0.3) is 0 Å². The monoisotopic (exact) mass is 278 g/mol. The van der Waals surface area contributed by atoms with Gasteiger partial charge in [-0.25, -0.2) is 8.42 Å². The molecule has 0 aliphatic heterocycles. The zero-order valence-corrected chi connectivity index (χ0v) is 11.1. The van der Waals surface area contributed by atoms with Gasteiger partial charge in [0.05, 0.1) is 31.0 Å². The summed E-state index contributed by atoms with van der Waals surface area (Å²) in [5.74, 6) is 0.823. The molecule has 0 amide bonds. The van der Waals surface area contributed by atoms with Crippen molar-refractivity contribution >= 4 is 21.4 Å². The van der Waals surface area contributed by atoms with E-state index in [-0.39, 0.29) is 17.3 Å². The van der Waals surface area contributed by atoms with Gasteiger partial charge in [0.1, 0.15) is 5.75 Å². The number of rotatable bonds is 7. The maximum atomic E-state index is 11.9. The topological polar surface area (TPSA) is 52.6 Å². The smallest absolute Gasteiger partial charge is 0.180 e. The quantitative estimate of drug-likeness (QED) is 0.563. The minimum atomic E-state index is -3.32. The van der Waals surface area contributed by atoms with Crippen LogP contribution in [0.1, 0.15) is 0 Å². The third-order valence-corrected chi connectivity index (χ3v) is 3.95. The Morgan fingerprint density at radius 2 is 2.06 bits per heavy atom. The van der Waals surface area contributed by atoms with E-state index in [9.17, 15) is 8.42 Å². The molecule has 1 aromatic rings. The molecule has 0 bridgehead atoms. The van der Waals surface area contributed by atoms with Crippen LogP contribution in [0.25, 0.3) is 0 Å². The maximum Gasteiger partial charge on any atom is 0.180 e. The van der Waals surface area contributed by atoms with E-state index < -0.39 is 9.84 Å². The molecule has 0 radical (unpaired) electrons. The van der Waals surface area contributed by atoms with Crippen molar-refractivity contribution in [2.24, 2.45) is 0 Å². The Morgan fingerprint density at radius 1 is 1.29 bits per heavy atom. The number of methoxy groups -OCH3 is 1. The molecule has 0 aliphatic carbocycles. The Kier molecular flexibility index (Phi) is 5.74. The highest BCUT2D eigenvalue weighted by Gasteiger charge is 2.14. The van der Waals surface area contributed by atoms with Gasteiger partial charge in [-0.1, -0.05) is 6.07 Å². The summed E-state index contributed by atoms with van der Waals surface area (Å²) in [5, 5.41) is 0. The standard InChI is InChI=1S/C11H15ClO4S/c1-15-10-3-2-4-11(9-10)17(13,14)8-7-16-6-5-12/h2-4,9H,5-8H2,1H3. The number of alkyl halides is 1. The summed E-state index contributed by atoms with van der Waals surface area (Å²) in [5.41, 5.74) is 0. The molecule has 17 heavy (non-hydrogen) atoms. The van der Waals surface area contributed by atoms with E-state index in [1.165, 1.54) is 13.2 Å². The van der Waals surface area contributed by atoms with Crippen molar-refractivity contribution < 1.29 is 17.9 Å². The van der Waals surface area contributed by atoms with E-state index in [0.717, 1.165) is 0 Å². The predicted octanol–water partition coefficient (Wildman–Crippen LogP) is 1.72. The first kappa shape index (κ1) is 14.3. The molecule has 1 aromatic carbocycles. The second-order valence-electron chi connectivity index (χ2n) is 3.30. The molecule has 0 aromatic heterocycles. The van der Waals surface area contributed by atoms with Gasteiger partial charge in [0.15, 0.2) is 9.84 Å². The number of hydrogen-bond donors (Lipinski definition) is 0. The van der Waals surface area contributed by atoms with Crippen molar-refractivity contribution in [3.63, 3.8) is 0 Å². The van der Waals surface area contributed by atoms with E-state index in [0.29, 0.717) is 18.2 Å². The minimum absolute atomic E-state index is 0.0585. The molecule has 96 valence electrons. The summed E-state index contributed by atoms with van der Waals surface area (Å²) < 4.78 is 33.8. The normalized spacial score (nSPS) is 11.4. The molecule has 0 atom stereocenters. The summed E-state index contributed by atoms with van der Waals surface area (Å²) in [6, 6.07) is 6.38. The molecule has 0 fully saturated rings. The number of halogens is 1. The molecule has 6 heteroatoms. The first-order chi connectivity index (χ1) is 8.10. The highest BCUT2D eigenvalue weighted by atomic mass is 35.5. The van der Waals surface area contributed by atoms with Gasteiger partial charge >= 0.3 is 0 Å². The van der Waals surface area contributed by atoms with E-state index in [1.54, 1.807) is 18.2 Å². The minimum Gasteiger partial charge on any atom is -0.497 e. The van der Waals surface area contributed by atoms with Crippen molar-refractivity contribution in [3.05, 3.63) is 24.3 Å². The van der Waals surface area contributed by atoms with Gasteiger partial charge in [-0.05, 0) is 18.2 Å². The van der Waals surface area contributed by atoms with Crippen LogP contribution in [0, 0.1) is 0 Å². The third kappa shape index (κ3) is 4.53. The van der Waals surface area contributed by atoms with Gasteiger partial charge < -0.3 is 9.47 Å². The zero-order valence-electron chi connectivity index (χ0n) is 9.56. The van der Waals surface area contributed by atoms with E-state index in [4.69, 9.17) is 21.1 Å². The van der Waals surface area contributed by atoms with Crippen molar-refractivity contribution in [2.75, 3.05) is 32.0 Å². The van der Waals surface area contributed by atoms with Gasteiger partial charge in [-0.2, -0.15) is 0 Å². The van der Waals surface area contributed by atoms with Crippen molar-refractivity contribution in [1.29, 1.82) is 0 Å². The van der Waals surface area contributed by atoms with Crippen LogP contribution in [0.2, 0.25) is 0 Å². The van der Waals surface area contributed by atoms with Crippen molar-refractivity contribution in [2.45, 2.75) is 4.90 Å². The fraction of sp³-hybridized carbons (Fsp3) is 0.455. The number of benzene rings is 1. The molecule has 0 spiro atoms. The van der Waals surface area contributed by atoms with Crippen LogP contribution in [0.5, 0.6) is 5.75 Å². The lowest BCUT2D eigenvalue weighted by atomic mass is 10.3. The lowest BCUT2D eigenvalue weighted by molar-refractivity contribution is 0.165. The second-order valence-corrected chi connectivity index (χ2v) is 5.79. The Hall–Kier alpha value is -0.780. The molecule has 0 unspecified atom stereocenters. The maximum absolute atomic E-state index is 11.9. The Bertz CT molecular complexity index is 445. The Labute approximate surface area is 106 Å². The molecule has 0 aliphatic rings. The highest BCUT2D eigenvalue weighted by Crippen LogP contribution is 2.18. The van der Waals surface area contributed by atoms with E-state index in [1.807, 2.05) is 0 Å². The Balaban J connectivity index is 2.68. The average molecular weight is 279 g/mol. The highest BCUT2D eigenvalue weighted by molar-refractivity contribution is 7.91. The van der Waals surface area contributed by atoms with Crippen LogP contribution >= 0.6 is 11.6 Å². The fourth-order valence-electron chi connectivity index (χ4n) is 1.24. The lowest BCUT2D eigenvalue weighted by Crippen LogP contribution is -2.13. The van der Waals surface area contributed by atoms with Crippen LogP contribution in [0.15, 0.2) is 29.2 Å². The number of sulfone groups is 1. The van der Waals surface area contributed by atoms with Crippen molar-refractivity contribution in [1.82, 2.24) is 0 Å². The van der Waals surface area contributed by atoms with E-state index >= 15 is 0 Å². The van der Waals surface area contributed by atoms with Crippen LogP contribution in [0.3, 0.4) is 0 Å². The summed E-state index contributed by atoms with van der Waals surface area (Å²) in [6.45, 7) is 0.501.